The second-order valence-corrected chi connectivity index (χ2v) is 9.11. The third kappa shape index (κ3) is 3.27. The van der Waals surface area contributed by atoms with Crippen LogP contribution in [0, 0.1) is 13.8 Å². The summed E-state index contributed by atoms with van der Waals surface area (Å²) in [7, 11) is 0. The lowest BCUT2D eigenvalue weighted by Gasteiger charge is -2.47. The second kappa shape index (κ2) is 7.38. The van der Waals surface area contributed by atoms with Gasteiger partial charge >= 0.3 is 0 Å². The maximum absolute atomic E-state index is 5.24. The molecule has 2 aliphatic rings. The number of rotatable bonds is 5. The number of hydrogen-bond acceptors (Lipinski definition) is 4. The average molecular weight is 379 g/mol. The van der Waals surface area contributed by atoms with Crippen molar-refractivity contribution in [3.63, 3.8) is 0 Å². The van der Waals surface area contributed by atoms with Crippen LogP contribution in [0.25, 0.3) is 0 Å². The minimum Gasteiger partial charge on any atom is -0.368 e. The number of nitrogens with zero attached hydrogens (tertiary/aromatic N) is 3. The smallest absolute Gasteiger partial charge is 0.129 e. The Bertz CT molecular complexity index is 854. The van der Waals surface area contributed by atoms with Gasteiger partial charge in [-0.15, -0.1) is 0 Å². The quantitative estimate of drug-likeness (QED) is 0.778. The van der Waals surface area contributed by atoms with Gasteiger partial charge in [-0.2, -0.15) is 0 Å². The van der Waals surface area contributed by atoms with Crippen LogP contribution >= 0.6 is 0 Å². The van der Waals surface area contributed by atoms with E-state index in [0.29, 0.717) is 12.1 Å². The highest BCUT2D eigenvalue weighted by Crippen LogP contribution is 2.47. The number of hydrogen-bond donors (Lipinski definition) is 1. The van der Waals surface area contributed by atoms with Gasteiger partial charge in [-0.25, -0.2) is 4.98 Å². The van der Waals surface area contributed by atoms with E-state index in [1.54, 1.807) is 0 Å². The summed E-state index contributed by atoms with van der Waals surface area (Å²) in [5, 5.41) is 3.72. The van der Waals surface area contributed by atoms with E-state index in [9.17, 15) is 0 Å². The molecule has 1 unspecified atom stereocenters. The Hall–Kier alpha value is -2.10. The van der Waals surface area contributed by atoms with Crippen molar-refractivity contribution in [1.29, 1.82) is 0 Å². The topological polar surface area (TPSA) is 41.1 Å². The molecule has 1 aliphatic carbocycles. The fourth-order valence-corrected chi connectivity index (χ4v) is 4.97. The fraction of sp³-hybridized carbons (Fsp3) is 0.583. The SMILES string of the molecule is Cc1cnc(NC(C)C2(c3ccc4c(n3)CCCN4C(C)C)CCC2)c(C)c1. The normalized spacial score (nSPS) is 19.1. The van der Waals surface area contributed by atoms with E-state index in [2.05, 4.69) is 68.0 Å². The van der Waals surface area contributed by atoms with Crippen LogP contribution in [0.1, 0.15) is 69.0 Å². The molecule has 0 radical (unpaired) electrons. The van der Waals surface area contributed by atoms with Crippen molar-refractivity contribution >= 4 is 11.5 Å². The molecular weight excluding hydrogens is 344 g/mol. The molecule has 150 valence electrons. The molecule has 0 spiro atoms. The first kappa shape index (κ1) is 19.2. The van der Waals surface area contributed by atoms with Gasteiger partial charge < -0.3 is 10.2 Å². The van der Waals surface area contributed by atoms with Gasteiger partial charge in [-0.1, -0.05) is 12.5 Å². The van der Waals surface area contributed by atoms with Crippen molar-refractivity contribution in [2.75, 3.05) is 16.8 Å². The van der Waals surface area contributed by atoms with Crippen LogP contribution in [0.2, 0.25) is 0 Å². The summed E-state index contributed by atoms with van der Waals surface area (Å²) < 4.78 is 0. The maximum atomic E-state index is 5.24. The Balaban J connectivity index is 1.62. The monoisotopic (exact) mass is 378 g/mol. The Morgan fingerprint density at radius 2 is 1.89 bits per heavy atom. The van der Waals surface area contributed by atoms with E-state index >= 15 is 0 Å². The summed E-state index contributed by atoms with van der Waals surface area (Å²) in [5.74, 6) is 1.01. The van der Waals surface area contributed by atoms with E-state index in [0.717, 1.165) is 18.8 Å². The van der Waals surface area contributed by atoms with Crippen molar-refractivity contribution in [3.05, 3.63) is 46.9 Å². The summed E-state index contributed by atoms with van der Waals surface area (Å²) in [6.07, 6.45) is 7.94. The molecule has 1 saturated carbocycles. The van der Waals surface area contributed by atoms with E-state index in [1.165, 1.54) is 53.9 Å². The average Bonchev–Trinajstić information content (AvgIpc) is 2.62. The molecule has 0 amide bonds. The molecule has 0 saturated heterocycles. The predicted molar refractivity (Wildman–Crippen MR) is 117 cm³/mol. The van der Waals surface area contributed by atoms with Gasteiger partial charge in [-0.05, 0) is 83.6 Å². The number of aromatic nitrogens is 2. The molecule has 1 atom stereocenters. The highest BCUT2D eigenvalue weighted by Gasteiger charge is 2.45. The Morgan fingerprint density at radius 1 is 1.11 bits per heavy atom. The second-order valence-electron chi connectivity index (χ2n) is 9.11. The van der Waals surface area contributed by atoms with Crippen LogP contribution in [0.15, 0.2) is 24.4 Å². The molecule has 3 heterocycles. The van der Waals surface area contributed by atoms with Crippen LogP contribution in [0.3, 0.4) is 0 Å². The summed E-state index contributed by atoms with van der Waals surface area (Å²) in [5.41, 5.74) is 6.45. The standard InChI is InChI=1S/C24H34N4/c1-16(2)28-13-6-8-20-21(28)9-10-22(27-20)24(11-7-12-24)19(5)26-23-18(4)14-17(3)15-25-23/h9-10,14-16,19H,6-8,11-13H2,1-5H3,(H,25,26). The molecule has 4 nitrogen and oxygen atoms in total. The number of fused-ring (bicyclic) bond motifs is 1. The van der Waals surface area contributed by atoms with Crippen molar-refractivity contribution in [3.8, 4) is 0 Å². The molecule has 28 heavy (non-hydrogen) atoms. The summed E-state index contributed by atoms with van der Waals surface area (Å²) >= 11 is 0. The molecule has 2 aromatic rings. The molecular formula is C24H34N4. The largest absolute Gasteiger partial charge is 0.368 e. The summed E-state index contributed by atoms with van der Waals surface area (Å²) in [6.45, 7) is 12.2. The summed E-state index contributed by atoms with van der Waals surface area (Å²) in [6, 6.07) is 7.67. The third-order valence-corrected chi connectivity index (χ3v) is 6.85. The molecule has 1 N–H and O–H groups in total. The van der Waals surface area contributed by atoms with Crippen LogP contribution in [-0.2, 0) is 11.8 Å². The lowest BCUT2D eigenvalue weighted by atomic mass is 9.62. The van der Waals surface area contributed by atoms with E-state index < -0.39 is 0 Å². The molecule has 2 aromatic heterocycles. The van der Waals surface area contributed by atoms with Crippen molar-refractivity contribution in [2.45, 2.75) is 84.2 Å². The number of nitrogens with one attached hydrogen (secondary N) is 1. The first-order chi connectivity index (χ1) is 13.4. The van der Waals surface area contributed by atoms with Crippen LogP contribution in [0.5, 0.6) is 0 Å². The Morgan fingerprint density at radius 3 is 2.54 bits per heavy atom. The number of anilines is 2. The van der Waals surface area contributed by atoms with Gasteiger partial charge in [0.2, 0.25) is 0 Å². The zero-order valence-electron chi connectivity index (χ0n) is 18.0. The van der Waals surface area contributed by atoms with Crippen molar-refractivity contribution in [1.82, 2.24) is 9.97 Å². The van der Waals surface area contributed by atoms with Gasteiger partial charge in [0, 0.05) is 35.9 Å². The number of pyridine rings is 2. The van der Waals surface area contributed by atoms with E-state index in [4.69, 9.17) is 4.98 Å². The lowest BCUT2D eigenvalue weighted by Crippen LogP contribution is -2.49. The minimum absolute atomic E-state index is 0.119. The number of aryl methyl sites for hydroxylation is 3. The molecule has 4 heteroatoms. The van der Waals surface area contributed by atoms with Gasteiger partial charge in [-0.3, -0.25) is 4.98 Å². The molecule has 4 rings (SSSR count). The van der Waals surface area contributed by atoms with Crippen molar-refractivity contribution < 1.29 is 0 Å². The first-order valence-corrected chi connectivity index (χ1v) is 10.9. The zero-order chi connectivity index (χ0) is 19.9. The Labute approximate surface area is 169 Å². The Kier molecular flexibility index (Phi) is 5.07. The fourth-order valence-electron chi connectivity index (χ4n) is 4.97. The maximum Gasteiger partial charge on any atom is 0.129 e. The van der Waals surface area contributed by atoms with Gasteiger partial charge in [0.1, 0.15) is 5.82 Å². The van der Waals surface area contributed by atoms with Crippen molar-refractivity contribution in [2.24, 2.45) is 0 Å². The highest BCUT2D eigenvalue weighted by atomic mass is 15.2. The highest BCUT2D eigenvalue weighted by molar-refractivity contribution is 5.55. The van der Waals surface area contributed by atoms with Gasteiger partial charge in [0.25, 0.3) is 0 Å². The third-order valence-electron chi connectivity index (χ3n) is 6.85. The van der Waals surface area contributed by atoms with Crippen LogP contribution in [0.4, 0.5) is 11.5 Å². The molecule has 1 aliphatic heterocycles. The molecule has 0 bridgehead atoms. The van der Waals surface area contributed by atoms with Gasteiger partial charge in [0.05, 0.1) is 11.4 Å². The molecule has 1 fully saturated rings. The van der Waals surface area contributed by atoms with Crippen LogP contribution < -0.4 is 10.2 Å². The lowest BCUT2D eigenvalue weighted by molar-refractivity contribution is 0.208. The zero-order valence-corrected chi connectivity index (χ0v) is 18.0. The van der Waals surface area contributed by atoms with Gasteiger partial charge in [0.15, 0.2) is 0 Å². The predicted octanol–water partition coefficient (Wildman–Crippen LogP) is 5.18. The van der Waals surface area contributed by atoms with E-state index in [1.807, 2.05) is 6.20 Å². The van der Waals surface area contributed by atoms with E-state index in [-0.39, 0.29) is 5.41 Å². The minimum atomic E-state index is 0.119. The van der Waals surface area contributed by atoms with Crippen LogP contribution in [-0.4, -0.2) is 28.6 Å². The molecule has 0 aromatic carbocycles. The first-order valence-electron chi connectivity index (χ1n) is 10.9. The summed E-state index contributed by atoms with van der Waals surface area (Å²) in [4.78, 5) is 12.4.